The van der Waals surface area contributed by atoms with Gasteiger partial charge in [0.25, 0.3) is 0 Å². The van der Waals surface area contributed by atoms with Crippen molar-refractivity contribution < 1.29 is 26.3 Å². The zero-order valence-corrected chi connectivity index (χ0v) is 23.9. The standard InChI is InChI=1S/C33H41N2O.BrH/c1-25-33-31(19-20-34(25)22-26-11-5-2-6-12-26)30-18-17-29(36-24-28-15-9-4-10-16-28)21-32(30)35(33)23-27-13-7-3-8-14-27;/h2,5-6,11-12,17-21,27-28H,3-4,7-10,13-16,22-24H2,1H3;1H/q+1;/p-1. The van der Waals surface area contributed by atoms with Crippen LogP contribution in [0, 0.1) is 18.8 Å². The highest BCUT2D eigenvalue weighted by atomic mass is 79.9. The van der Waals surface area contributed by atoms with E-state index in [1.165, 1.54) is 97.3 Å². The molecule has 0 aliphatic heterocycles. The molecule has 37 heavy (non-hydrogen) atoms. The lowest BCUT2D eigenvalue weighted by Crippen LogP contribution is -3.00. The number of halogens is 1. The normalized spacial score (nSPS) is 17.2. The predicted octanol–water partition coefficient (Wildman–Crippen LogP) is 4.98. The van der Waals surface area contributed by atoms with Crippen LogP contribution in [0.3, 0.4) is 0 Å². The summed E-state index contributed by atoms with van der Waals surface area (Å²) in [5, 5.41) is 2.74. The fraction of sp³-hybridized carbons (Fsp3) is 0.485. The van der Waals surface area contributed by atoms with Gasteiger partial charge in [0, 0.05) is 41.9 Å². The second kappa shape index (κ2) is 12.0. The Labute approximate surface area is 232 Å². The molecule has 4 aromatic rings. The molecule has 2 aliphatic carbocycles. The number of aromatic nitrogens is 2. The summed E-state index contributed by atoms with van der Waals surface area (Å²) in [4.78, 5) is 0. The van der Waals surface area contributed by atoms with Crippen molar-refractivity contribution in [1.29, 1.82) is 0 Å². The first-order chi connectivity index (χ1) is 17.8. The van der Waals surface area contributed by atoms with E-state index in [-0.39, 0.29) is 17.0 Å². The van der Waals surface area contributed by atoms with Crippen molar-refractivity contribution in [3.63, 3.8) is 0 Å². The van der Waals surface area contributed by atoms with Gasteiger partial charge in [0.1, 0.15) is 11.3 Å². The average molecular weight is 562 g/mol. The number of aryl methyl sites for hydroxylation is 1. The topological polar surface area (TPSA) is 18.0 Å². The first-order valence-corrected chi connectivity index (χ1v) is 14.4. The molecule has 2 aromatic carbocycles. The summed E-state index contributed by atoms with van der Waals surface area (Å²) in [6.45, 7) is 5.19. The third-order valence-electron chi connectivity index (χ3n) is 8.84. The summed E-state index contributed by atoms with van der Waals surface area (Å²) >= 11 is 0. The molecule has 0 amide bonds. The Morgan fingerprint density at radius 3 is 2.24 bits per heavy atom. The maximum atomic E-state index is 6.41. The molecule has 0 saturated heterocycles. The minimum absolute atomic E-state index is 0. The van der Waals surface area contributed by atoms with Crippen LogP contribution in [0.5, 0.6) is 5.75 Å². The molecule has 0 spiro atoms. The molecule has 4 heteroatoms. The molecule has 2 heterocycles. The molecule has 0 radical (unpaired) electrons. The van der Waals surface area contributed by atoms with Gasteiger partial charge >= 0.3 is 0 Å². The van der Waals surface area contributed by atoms with Crippen LogP contribution < -0.4 is 26.3 Å². The monoisotopic (exact) mass is 560 g/mol. The second-order valence-electron chi connectivity index (χ2n) is 11.4. The van der Waals surface area contributed by atoms with Crippen LogP contribution in [0.1, 0.15) is 75.5 Å². The summed E-state index contributed by atoms with van der Waals surface area (Å²) in [5.74, 6) is 2.53. The summed E-state index contributed by atoms with van der Waals surface area (Å²) in [6.07, 6.45) is 15.9. The van der Waals surface area contributed by atoms with Crippen LogP contribution in [-0.2, 0) is 13.1 Å². The van der Waals surface area contributed by atoms with E-state index in [0.29, 0.717) is 0 Å². The number of rotatable bonds is 7. The molecule has 2 aliphatic rings. The average Bonchev–Trinajstić information content (AvgIpc) is 3.24. The van der Waals surface area contributed by atoms with Crippen LogP contribution in [0.2, 0.25) is 0 Å². The molecular formula is C33H41BrN2O. The van der Waals surface area contributed by atoms with E-state index in [0.717, 1.165) is 37.3 Å². The van der Waals surface area contributed by atoms with Crippen LogP contribution in [-0.4, -0.2) is 11.2 Å². The van der Waals surface area contributed by atoms with Crippen LogP contribution in [0.25, 0.3) is 21.8 Å². The lowest BCUT2D eigenvalue weighted by Gasteiger charge is -2.23. The molecular weight excluding hydrogens is 520 g/mol. The smallest absolute Gasteiger partial charge is 0.203 e. The largest absolute Gasteiger partial charge is 1.00 e. The van der Waals surface area contributed by atoms with Crippen molar-refractivity contribution in [2.45, 2.75) is 84.2 Å². The lowest BCUT2D eigenvalue weighted by atomic mass is 9.89. The van der Waals surface area contributed by atoms with E-state index >= 15 is 0 Å². The summed E-state index contributed by atoms with van der Waals surface area (Å²) in [6, 6.07) is 20.0. The van der Waals surface area contributed by atoms with Gasteiger partial charge in [-0.25, -0.2) is 0 Å². The van der Waals surface area contributed by atoms with E-state index in [2.05, 4.69) is 76.9 Å². The SMILES string of the molecule is Cc1c2c(cc[n+]1Cc1ccccc1)c1ccc(OCC3CCCCC3)cc1n2CC1CCCCC1.[Br-]. The highest BCUT2D eigenvalue weighted by Gasteiger charge is 2.23. The van der Waals surface area contributed by atoms with Gasteiger partial charge in [-0.1, -0.05) is 68.9 Å². The maximum absolute atomic E-state index is 6.41. The first kappa shape index (κ1) is 26.3. The molecule has 2 saturated carbocycles. The second-order valence-corrected chi connectivity index (χ2v) is 11.4. The Morgan fingerprint density at radius 1 is 0.811 bits per heavy atom. The van der Waals surface area contributed by atoms with Crippen LogP contribution in [0.4, 0.5) is 0 Å². The Kier molecular flexibility index (Phi) is 8.54. The van der Waals surface area contributed by atoms with Crippen molar-refractivity contribution in [2.75, 3.05) is 6.61 Å². The Hall–Kier alpha value is -2.33. The Balaban J connectivity index is 0.00000280. The van der Waals surface area contributed by atoms with Gasteiger partial charge in [-0.15, -0.1) is 0 Å². The number of ether oxygens (including phenoxy) is 1. The number of nitrogens with zero attached hydrogens (tertiary/aromatic N) is 2. The predicted molar refractivity (Wildman–Crippen MR) is 149 cm³/mol. The summed E-state index contributed by atoms with van der Waals surface area (Å²) in [7, 11) is 0. The van der Waals surface area contributed by atoms with E-state index in [4.69, 9.17) is 4.74 Å². The van der Waals surface area contributed by atoms with Gasteiger partial charge in [0.2, 0.25) is 5.69 Å². The number of hydrogen-bond acceptors (Lipinski definition) is 1. The molecule has 2 fully saturated rings. The van der Waals surface area contributed by atoms with E-state index in [9.17, 15) is 0 Å². The minimum atomic E-state index is 0. The van der Waals surface area contributed by atoms with E-state index < -0.39 is 0 Å². The fourth-order valence-corrected chi connectivity index (χ4v) is 6.75. The number of fused-ring (bicyclic) bond motifs is 3. The lowest BCUT2D eigenvalue weighted by molar-refractivity contribution is -0.693. The Bertz CT molecular complexity index is 1320. The fourth-order valence-electron chi connectivity index (χ4n) is 6.75. The van der Waals surface area contributed by atoms with Crippen molar-refractivity contribution >= 4 is 21.8 Å². The number of pyridine rings is 1. The van der Waals surface area contributed by atoms with Crippen LogP contribution >= 0.6 is 0 Å². The number of hydrogen-bond donors (Lipinski definition) is 0. The summed E-state index contributed by atoms with van der Waals surface area (Å²) in [5.41, 5.74) is 5.45. The van der Waals surface area contributed by atoms with Gasteiger partial charge < -0.3 is 26.3 Å². The van der Waals surface area contributed by atoms with Gasteiger partial charge in [-0.05, 0) is 49.7 Å². The molecule has 196 valence electrons. The van der Waals surface area contributed by atoms with Gasteiger partial charge in [0.15, 0.2) is 12.7 Å². The highest BCUT2D eigenvalue weighted by molar-refractivity contribution is 6.08. The van der Waals surface area contributed by atoms with Crippen molar-refractivity contribution in [2.24, 2.45) is 11.8 Å². The molecule has 2 aromatic heterocycles. The molecule has 0 bridgehead atoms. The zero-order valence-electron chi connectivity index (χ0n) is 22.3. The number of benzene rings is 2. The van der Waals surface area contributed by atoms with Crippen LogP contribution in [0.15, 0.2) is 60.8 Å². The molecule has 3 nitrogen and oxygen atoms in total. The molecule has 6 rings (SSSR count). The van der Waals surface area contributed by atoms with E-state index in [1.807, 2.05) is 0 Å². The molecule has 0 unspecified atom stereocenters. The van der Waals surface area contributed by atoms with Gasteiger partial charge in [-0.3, -0.25) is 0 Å². The molecule has 0 N–H and O–H groups in total. The minimum Gasteiger partial charge on any atom is -1.00 e. The van der Waals surface area contributed by atoms with E-state index in [1.54, 1.807) is 0 Å². The third kappa shape index (κ3) is 5.74. The van der Waals surface area contributed by atoms with Crippen molar-refractivity contribution in [3.8, 4) is 5.75 Å². The van der Waals surface area contributed by atoms with Gasteiger partial charge in [0.05, 0.1) is 12.1 Å². The third-order valence-corrected chi connectivity index (χ3v) is 8.84. The zero-order chi connectivity index (χ0) is 24.3. The Morgan fingerprint density at radius 2 is 1.51 bits per heavy atom. The van der Waals surface area contributed by atoms with Crippen molar-refractivity contribution in [1.82, 2.24) is 4.57 Å². The quantitative estimate of drug-likeness (QED) is 0.291. The first-order valence-electron chi connectivity index (χ1n) is 14.4. The maximum Gasteiger partial charge on any atom is 0.203 e. The molecule has 0 atom stereocenters. The summed E-state index contributed by atoms with van der Waals surface area (Å²) < 4.78 is 11.5. The van der Waals surface area contributed by atoms with Gasteiger partial charge in [-0.2, -0.15) is 4.57 Å². The van der Waals surface area contributed by atoms with Crippen molar-refractivity contribution in [3.05, 3.63) is 72.1 Å². The highest BCUT2D eigenvalue weighted by Crippen LogP contribution is 2.35.